The first kappa shape index (κ1) is 16.8. The molecule has 0 amide bonds. The summed E-state index contributed by atoms with van der Waals surface area (Å²) in [5.41, 5.74) is 0. The fourth-order valence-electron chi connectivity index (χ4n) is 1.65. The third kappa shape index (κ3) is 6.61. The fraction of sp³-hybridized carbons (Fsp3) is 0.692. The van der Waals surface area contributed by atoms with E-state index in [0.717, 1.165) is 17.3 Å². The zero-order chi connectivity index (χ0) is 14.1. The van der Waals surface area contributed by atoms with Crippen molar-refractivity contribution in [3.63, 3.8) is 0 Å². The molecule has 0 spiro atoms. The second kappa shape index (κ2) is 9.58. The molecule has 0 bridgehead atoms. The minimum atomic E-state index is -0.228. The van der Waals surface area contributed by atoms with Crippen LogP contribution in [0.2, 0.25) is 0 Å². The molecule has 0 radical (unpaired) electrons. The SMILES string of the molecule is CN[C@H]1CSC/C=C/CSC[C@@H](C(C)=O)NCC1=O. The number of nitrogens with one attached hydrogen (secondary N) is 2. The van der Waals surface area contributed by atoms with Gasteiger partial charge in [0.2, 0.25) is 0 Å². The molecule has 108 valence electrons. The lowest BCUT2D eigenvalue weighted by Crippen LogP contribution is -2.46. The number of rotatable bonds is 2. The van der Waals surface area contributed by atoms with Gasteiger partial charge in [-0.2, -0.15) is 23.5 Å². The van der Waals surface area contributed by atoms with Gasteiger partial charge in [0.15, 0.2) is 5.78 Å². The number of Topliss-reactive ketones (excluding diaryl/α,β-unsaturated/α-hetero) is 2. The smallest absolute Gasteiger partial charge is 0.164 e. The Hall–Kier alpha value is -0.300. The third-order valence-electron chi connectivity index (χ3n) is 2.91. The second-order valence-electron chi connectivity index (χ2n) is 4.40. The molecule has 2 N–H and O–H groups in total. The molecule has 1 aliphatic rings. The van der Waals surface area contributed by atoms with Gasteiger partial charge in [-0.1, -0.05) is 12.2 Å². The van der Waals surface area contributed by atoms with Crippen LogP contribution in [0.4, 0.5) is 0 Å². The van der Waals surface area contributed by atoms with Crippen molar-refractivity contribution in [2.24, 2.45) is 0 Å². The molecule has 0 saturated carbocycles. The van der Waals surface area contributed by atoms with Crippen molar-refractivity contribution in [3.05, 3.63) is 12.2 Å². The Morgan fingerprint density at radius 1 is 1.32 bits per heavy atom. The normalized spacial score (nSPS) is 28.8. The summed E-state index contributed by atoms with van der Waals surface area (Å²) in [7, 11) is 1.80. The molecule has 6 heteroatoms. The average Bonchev–Trinajstić information content (AvgIpc) is 2.40. The lowest BCUT2D eigenvalue weighted by molar-refractivity contribution is -0.120. The van der Waals surface area contributed by atoms with Crippen molar-refractivity contribution in [1.29, 1.82) is 0 Å². The summed E-state index contributed by atoms with van der Waals surface area (Å²) in [5, 5.41) is 6.12. The molecule has 0 aliphatic carbocycles. The Kier molecular flexibility index (Phi) is 8.45. The van der Waals surface area contributed by atoms with Crippen molar-refractivity contribution in [2.75, 3.05) is 36.6 Å². The number of hydrogen-bond donors (Lipinski definition) is 2. The van der Waals surface area contributed by atoms with Crippen LogP contribution in [0.5, 0.6) is 0 Å². The van der Waals surface area contributed by atoms with Crippen molar-refractivity contribution in [1.82, 2.24) is 10.6 Å². The van der Waals surface area contributed by atoms with E-state index in [1.165, 1.54) is 0 Å². The molecule has 2 atom stereocenters. The number of thioether (sulfide) groups is 2. The van der Waals surface area contributed by atoms with Crippen LogP contribution in [0.15, 0.2) is 12.2 Å². The topological polar surface area (TPSA) is 58.2 Å². The molecular formula is C13H22N2O2S2. The largest absolute Gasteiger partial charge is 0.310 e. The van der Waals surface area contributed by atoms with Gasteiger partial charge in [0, 0.05) is 23.0 Å². The first-order chi connectivity index (χ1) is 9.15. The van der Waals surface area contributed by atoms with Gasteiger partial charge < -0.3 is 5.32 Å². The molecule has 1 heterocycles. The van der Waals surface area contributed by atoms with E-state index in [0.29, 0.717) is 5.75 Å². The number of carbonyl (C=O) groups excluding carboxylic acids is 2. The van der Waals surface area contributed by atoms with Crippen molar-refractivity contribution < 1.29 is 9.59 Å². The van der Waals surface area contributed by atoms with E-state index in [9.17, 15) is 9.59 Å². The number of carbonyl (C=O) groups is 2. The molecule has 0 fully saturated rings. The molecule has 1 aliphatic heterocycles. The van der Waals surface area contributed by atoms with Gasteiger partial charge in [0.05, 0.1) is 18.6 Å². The van der Waals surface area contributed by atoms with E-state index in [2.05, 4.69) is 22.8 Å². The van der Waals surface area contributed by atoms with Gasteiger partial charge in [-0.25, -0.2) is 0 Å². The van der Waals surface area contributed by atoms with Crippen LogP contribution in [-0.4, -0.2) is 60.3 Å². The Balaban J connectivity index is 2.63. The second-order valence-corrected chi connectivity index (χ2v) is 6.55. The van der Waals surface area contributed by atoms with Crippen LogP contribution >= 0.6 is 23.5 Å². The fourth-order valence-corrected chi connectivity index (χ4v) is 3.64. The Bertz CT molecular complexity index is 335. The summed E-state index contributed by atoms with van der Waals surface area (Å²) >= 11 is 3.46. The van der Waals surface area contributed by atoms with Crippen molar-refractivity contribution in [2.45, 2.75) is 19.0 Å². The minimum absolute atomic E-state index is 0.0922. The molecule has 0 aromatic carbocycles. The van der Waals surface area contributed by atoms with E-state index in [-0.39, 0.29) is 30.2 Å². The van der Waals surface area contributed by atoms with Crippen LogP contribution < -0.4 is 10.6 Å². The molecule has 0 saturated heterocycles. The lowest BCUT2D eigenvalue weighted by atomic mass is 10.2. The molecule has 19 heavy (non-hydrogen) atoms. The predicted molar refractivity (Wildman–Crippen MR) is 84.1 cm³/mol. The van der Waals surface area contributed by atoms with Crippen molar-refractivity contribution >= 4 is 35.1 Å². The van der Waals surface area contributed by atoms with Crippen molar-refractivity contribution in [3.8, 4) is 0 Å². The summed E-state index contributed by atoms with van der Waals surface area (Å²) < 4.78 is 0. The van der Waals surface area contributed by atoms with Crippen LogP contribution in [0, 0.1) is 0 Å². The zero-order valence-corrected chi connectivity index (χ0v) is 13.1. The average molecular weight is 302 g/mol. The highest BCUT2D eigenvalue weighted by Gasteiger charge is 2.19. The minimum Gasteiger partial charge on any atom is -0.310 e. The quantitative estimate of drug-likeness (QED) is 0.733. The zero-order valence-electron chi connectivity index (χ0n) is 11.5. The molecule has 4 nitrogen and oxygen atoms in total. The van der Waals surface area contributed by atoms with Crippen LogP contribution in [0.3, 0.4) is 0 Å². The highest BCUT2D eigenvalue weighted by atomic mass is 32.2. The molecule has 0 aromatic rings. The van der Waals surface area contributed by atoms with E-state index >= 15 is 0 Å². The summed E-state index contributed by atoms with van der Waals surface area (Å²) in [6.07, 6.45) is 4.26. The third-order valence-corrected chi connectivity index (χ3v) is 4.91. The summed E-state index contributed by atoms with van der Waals surface area (Å²) in [6.45, 7) is 1.83. The van der Waals surface area contributed by atoms with E-state index in [4.69, 9.17) is 0 Å². The van der Waals surface area contributed by atoms with Gasteiger partial charge in [-0.05, 0) is 14.0 Å². The lowest BCUT2D eigenvalue weighted by Gasteiger charge is -2.18. The Morgan fingerprint density at radius 3 is 2.53 bits per heavy atom. The first-order valence-corrected chi connectivity index (χ1v) is 8.70. The van der Waals surface area contributed by atoms with E-state index in [1.54, 1.807) is 37.5 Å². The maximum Gasteiger partial charge on any atom is 0.164 e. The molecule has 0 aromatic heterocycles. The van der Waals surface area contributed by atoms with E-state index in [1.807, 2.05) is 0 Å². The predicted octanol–water partition coefficient (Wildman–Crippen LogP) is 0.727. The van der Waals surface area contributed by atoms with Gasteiger partial charge >= 0.3 is 0 Å². The van der Waals surface area contributed by atoms with Gasteiger partial charge in [0.25, 0.3) is 0 Å². The Morgan fingerprint density at radius 2 is 1.95 bits per heavy atom. The molecule has 1 rings (SSSR count). The van der Waals surface area contributed by atoms with Gasteiger partial charge in [-0.15, -0.1) is 0 Å². The first-order valence-electron chi connectivity index (χ1n) is 6.39. The van der Waals surface area contributed by atoms with Gasteiger partial charge in [0.1, 0.15) is 5.78 Å². The maximum absolute atomic E-state index is 12.0. The van der Waals surface area contributed by atoms with E-state index < -0.39 is 0 Å². The van der Waals surface area contributed by atoms with Crippen LogP contribution in [0.1, 0.15) is 6.92 Å². The monoisotopic (exact) mass is 302 g/mol. The van der Waals surface area contributed by atoms with Crippen LogP contribution in [0.25, 0.3) is 0 Å². The summed E-state index contributed by atoms with van der Waals surface area (Å²) in [4.78, 5) is 23.6. The molecule has 0 unspecified atom stereocenters. The highest BCUT2D eigenvalue weighted by Crippen LogP contribution is 2.08. The summed E-state index contributed by atoms with van der Waals surface area (Å²) in [5.74, 6) is 3.53. The summed E-state index contributed by atoms with van der Waals surface area (Å²) in [6, 6.07) is -0.375. The van der Waals surface area contributed by atoms with Gasteiger partial charge in [-0.3, -0.25) is 14.9 Å². The Labute approximate surface area is 123 Å². The maximum atomic E-state index is 12.0. The number of hydrogen-bond acceptors (Lipinski definition) is 6. The number of ketones is 2. The molecular weight excluding hydrogens is 280 g/mol. The number of likely N-dealkylation sites (N-methyl/N-ethyl adjacent to an activating group) is 1. The highest BCUT2D eigenvalue weighted by molar-refractivity contribution is 7.99. The van der Waals surface area contributed by atoms with Crippen LogP contribution in [-0.2, 0) is 9.59 Å². The standard InChI is InChI=1S/C13H22N2O2S2/c1-10(16)11-8-18-5-3-4-6-19-9-12(14-2)13(17)7-15-11/h3-4,11-12,14-15H,5-9H2,1-2H3/b4-3+/t11-,12-/m0/s1.